The maximum Gasteiger partial charge on any atom is 0.312 e. The Balaban J connectivity index is 2.48. The first-order chi connectivity index (χ1) is 10.5. The standard InChI is InChI=1S/C14H16N2O5S2/c1-9-6-10(2)14(8-13(9)16)23(19,20)21-22(17,18)12-5-3-4-11(15)7-12/h3-8H,15-16H2,1-2H3. The molecule has 0 aliphatic carbocycles. The van der Waals surface area contributed by atoms with E-state index in [1.165, 1.54) is 31.2 Å². The maximum absolute atomic E-state index is 12.3. The van der Waals surface area contributed by atoms with Gasteiger partial charge in [-0.15, -0.1) is 3.63 Å². The summed E-state index contributed by atoms with van der Waals surface area (Å²) in [7, 11) is -9.09. The Morgan fingerprint density at radius 3 is 2.13 bits per heavy atom. The largest absolute Gasteiger partial charge is 0.399 e. The van der Waals surface area contributed by atoms with Crippen molar-refractivity contribution < 1.29 is 20.5 Å². The topological polar surface area (TPSA) is 130 Å². The second-order valence-electron chi connectivity index (χ2n) is 5.02. The van der Waals surface area contributed by atoms with Gasteiger partial charge < -0.3 is 11.5 Å². The van der Waals surface area contributed by atoms with Crippen LogP contribution in [0, 0.1) is 13.8 Å². The van der Waals surface area contributed by atoms with Gasteiger partial charge in [-0.1, -0.05) is 12.1 Å². The maximum atomic E-state index is 12.3. The van der Waals surface area contributed by atoms with E-state index in [2.05, 4.69) is 3.63 Å². The second-order valence-corrected chi connectivity index (χ2v) is 8.30. The highest BCUT2D eigenvalue weighted by Gasteiger charge is 2.28. The van der Waals surface area contributed by atoms with Gasteiger partial charge in [-0.3, -0.25) is 0 Å². The lowest BCUT2D eigenvalue weighted by Crippen LogP contribution is -2.15. The molecule has 2 rings (SSSR count). The first kappa shape index (κ1) is 17.3. The highest BCUT2D eigenvalue weighted by atomic mass is 32.3. The molecule has 23 heavy (non-hydrogen) atoms. The molecule has 2 aromatic rings. The molecule has 0 aliphatic heterocycles. The quantitative estimate of drug-likeness (QED) is 0.795. The van der Waals surface area contributed by atoms with Crippen LogP contribution in [0.1, 0.15) is 11.1 Å². The average Bonchev–Trinajstić information content (AvgIpc) is 2.41. The zero-order valence-corrected chi connectivity index (χ0v) is 14.1. The van der Waals surface area contributed by atoms with Crippen molar-refractivity contribution in [3.05, 3.63) is 47.5 Å². The zero-order chi connectivity index (χ0) is 17.4. The highest BCUT2D eigenvalue weighted by Crippen LogP contribution is 2.26. The number of benzene rings is 2. The molecule has 4 N–H and O–H groups in total. The summed E-state index contributed by atoms with van der Waals surface area (Å²) in [5, 5.41) is 0. The lowest BCUT2D eigenvalue weighted by Gasteiger charge is -2.11. The van der Waals surface area contributed by atoms with Gasteiger partial charge in [-0.05, 0) is 49.2 Å². The van der Waals surface area contributed by atoms with Gasteiger partial charge in [-0.25, -0.2) is 0 Å². The van der Waals surface area contributed by atoms with Crippen LogP contribution in [-0.4, -0.2) is 16.8 Å². The van der Waals surface area contributed by atoms with Crippen LogP contribution >= 0.6 is 0 Å². The molecule has 0 saturated heterocycles. The lowest BCUT2D eigenvalue weighted by atomic mass is 10.1. The molecule has 0 heterocycles. The summed E-state index contributed by atoms with van der Waals surface area (Å²) in [5.41, 5.74) is 12.6. The normalized spacial score (nSPS) is 12.3. The Kier molecular flexibility index (Phi) is 4.38. The van der Waals surface area contributed by atoms with Crippen molar-refractivity contribution in [2.75, 3.05) is 11.5 Å². The molecule has 0 radical (unpaired) electrons. The van der Waals surface area contributed by atoms with E-state index in [1.807, 2.05) is 0 Å². The molecule has 124 valence electrons. The number of aryl methyl sites for hydroxylation is 2. The van der Waals surface area contributed by atoms with Crippen LogP contribution in [0.2, 0.25) is 0 Å². The van der Waals surface area contributed by atoms with E-state index in [9.17, 15) is 16.8 Å². The van der Waals surface area contributed by atoms with Crippen LogP contribution in [0.3, 0.4) is 0 Å². The van der Waals surface area contributed by atoms with Crippen molar-refractivity contribution in [2.24, 2.45) is 0 Å². The lowest BCUT2D eigenvalue weighted by molar-refractivity contribution is 0.461. The van der Waals surface area contributed by atoms with Crippen molar-refractivity contribution in [1.29, 1.82) is 0 Å². The summed E-state index contributed by atoms with van der Waals surface area (Å²) < 4.78 is 53.4. The van der Waals surface area contributed by atoms with E-state index in [-0.39, 0.29) is 21.2 Å². The third kappa shape index (κ3) is 3.63. The van der Waals surface area contributed by atoms with Crippen LogP contribution in [0.25, 0.3) is 0 Å². The summed E-state index contributed by atoms with van der Waals surface area (Å²) >= 11 is 0. The van der Waals surface area contributed by atoms with Crippen molar-refractivity contribution in [3.8, 4) is 0 Å². The number of nitrogen functional groups attached to an aromatic ring is 2. The molecule has 0 aromatic heterocycles. The molecule has 0 saturated carbocycles. The number of rotatable bonds is 4. The van der Waals surface area contributed by atoms with E-state index >= 15 is 0 Å². The van der Waals surface area contributed by atoms with Gasteiger partial charge in [0, 0.05) is 11.4 Å². The fourth-order valence-electron chi connectivity index (χ4n) is 1.98. The molecule has 0 bridgehead atoms. The van der Waals surface area contributed by atoms with Crippen molar-refractivity contribution in [2.45, 2.75) is 23.6 Å². The molecular weight excluding hydrogens is 340 g/mol. The SMILES string of the molecule is Cc1cc(C)c(S(=O)(=O)OS(=O)(=O)c2cccc(N)c2)cc1N. The van der Waals surface area contributed by atoms with E-state index in [0.717, 1.165) is 6.07 Å². The minimum Gasteiger partial charge on any atom is -0.399 e. The van der Waals surface area contributed by atoms with E-state index in [0.29, 0.717) is 11.1 Å². The third-order valence-corrected chi connectivity index (χ3v) is 6.40. The van der Waals surface area contributed by atoms with Gasteiger partial charge >= 0.3 is 20.2 Å². The predicted molar refractivity (Wildman–Crippen MR) is 86.6 cm³/mol. The fraction of sp³-hybridized carbons (Fsp3) is 0.143. The van der Waals surface area contributed by atoms with Crippen LogP contribution < -0.4 is 11.5 Å². The molecular formula is C14H16N2O5S2. The van der Waals surface area contributed by atoms with Crippen molar-refractivity contribution >= 4 is 31.6 Å². The Labute approximate surface area is 135 Å². The van der Waals surface area contributed by atoms with E-state index in [1.54, 1.807) is 13.0 Å². The van der Waals surface area contributed by atoms with Crippen molar-refractivity contribution in [3.63, 3.8) is 0 Å². The van der Waals surface area contributed by atoms with Crippen LogP contribution in [0.5, 0.6) is 0 Å². The Hall–Kier alpha value is -2.10. The van der Waals surface area contributed by atoms with Gasteiger partial charge in [-0.2, -0.15) is 16.8 Å². The number of nitrogens with two attached hydrogens (primary N) is 2. The van der Waals surface area contributed by atoms with Gasteiger partial charge in [0.05, 0.1) is 4.90 Å². The summed E-state index contributed by atoms with van der Waals surface area (Å²) in [6.07, 6.45) is 0. The van der Waals surface area contributed by atoms with Crippen LogP contribution in [0.15, 0.2) is 46.2 Å². The Morgan fingerprint density at radius 1 is 0.870 bits per heavy atom. The molecule has 9 heteroatoms. The molecule has 0 amide bonds. The smallest absolute Gasteiger partial charge is 0.312 e. The molecule has 0 aliphatic rings. The van der Waals surface area contributed by atoms with Crippen LogP contribution in [-0.2, 0) is 23.9 Å². The van der Waals surface area contributed by atoms with E-state index < -0.39 is 20.2 Å². The summed E-state index contributed by atoms with van der Waals surface area (Å²) in [4.78, 5) is -0.646. The Bertz CT molecular complexity index is 967. The molecule has 0 atom stereocenters. The molecule has 0 fully saturated rings. The number of hydrogen-bond donors (Lipinski definition) is 2. The Morgan fingerprint density at radius 2 is 1.52 bits per heavy atom. The number of hydrogen-bond acceptors (Lipinski definition) is 7. The first-order valence-electron chi connectivity index (χ1n) is 6.46. The summed E-state index contributed by atoms with van der Waals surface area (Å²) in [6.45, 7) is 3.24. The fourth-order valence-corrected chi connectivity index (χ4v) is 4.78. The van der Waals surface area contributed by atoms with E-state index in [4.69, 9.17) is 11.5 Å². The minimum atomic E-state index is -4.56. The van der Waals surface area contributed by atoms with Gasteiger partial charge in [0.25, 0.3) is 0 Å². The zero-order valence-electron chi connectivity index (χ0n) is 12.5. The van der Waals surface area contributed by atoms with Gasteiger partial charge in [0.2, 0.25) is 0 Å². The third-order valence-electron chi connectivity index (χ3n) is 3.16. The summed E-state index contributed by atoms with van der Waals surface area (Å²) in [6, 6.07) is 7.87. The number of anilines is 2. The van der Waals surface area contributed by atoms with Gasteiger partial charge in [0.15, 0.2) is 0 Å². The molecule has 7 nitrogen and oxygen atoms in total. The van der Waals surface area contributed by atoms with Crippen molar-refractivity contribution in [1.82, 2.24) is 0 Å². The highest BCUT2D eigenvalue weighted by molar-refractivity contribution is 8.00. The molecule has 2 aromatic carbocycles. The molecule has 0 spiro atoms. The minimum absolute atomic E-state index is 0.169. The predicted octanol–water partition coefficient (Wildman–Crippen LogP) is 1.56. The van der Waals surface area contributed by atoms with Gasteiger partial charge in [0.1, 0.15) is 4.90 Å². The first-order valence-corrected chi connectivity index (χ1v) is 9.28. The van der Waals surface area contributed by atoms with Crippen LogP contribution in [0.4, 0.5) is 11.4 Å². The molecule has 0 unspecified atom stereocenters. The average molecular weight is 356 g/mol. The monoisotopic (exact) mass is 356 g/mol. The summed E-state index contributed by atoms with van der Waals surface area (Å²) in [5.74, 6) is 0. The second kappa shape index (κ2) is 5.84.